The van der Waals surface area contributed by atoms with Crippen molar-refractivity contribution in [3.05, 3.63) is 0 Å². The molecule has 9 heavy (non-hydrogen) atoms. The fourth-order valence-electron chi connectivity index (χ4n) is 1.06. The smallest absolute Gasteiger partial charge is 0.0178 e. The third-order valence-corrected chi connectivity index (χ3v) is 3.90. The molecule has 0 N–H and O–H groups in total. The van der Waals surface area contributed by atoms with E-state index in [1.807, 2.05) is 0 Å². The van der Waals surface area contributed by atoms with Crippen molar-refractivity contribution in [2.75, 3.05) is 17.3 Å². The van der Waals surface area contributed by atoms with E-state index < -0.39 is 0 Å². The number of hydrogen-bond acceptors (Lipinski definition) is 0. The van der Waals surface area contributed by atoms with Crippen molar-refractivity contribution in [2.24, 2.45) is 0 Å². The molecule has 0 amide bonds. The SMILES string of the molecule is CCCCCC[SH]1CC1. The van der Waals surface area contributed by atoms with Crippen LogP contribution in [0.5, 0.6) is 0 Å². The van der Waals surface area contributed by atoms with Gasteiger partial charge in [0.2, 0.25) is 0 Å². The molecule has 0 nitrogen and oxygen atoms in total. The van der Waals surface area contributed by atoms with Gasteiger partial charge in [0.15, 0.2) is 0 Å². The zero-order valence-corrected chi connectivity index (χ0v) is 7.29. The van der Waals surface area contributed by atoms with E-state index in [1.54, 1.807) is 17.3 Å². The van der Waals surface area contributed by atoms with E-state index in [0.717, 1.165) is 0 Å². The Morgan fingerprint density at radius 3 is 2.44 bits per heavy atom. The van der Waals surface area contributed by atoms with Crippen molar-refractivity contribution in [3.8, 4) is 0 Å². The highest BCUT2D eigenvalue weighted by Crippen LogP contribution is 2.40. The molecular weight excluding hydrogens is 128 g/mol. The van der Waals surface area contributed by atoms with Crippen LogP contribution in [0.4, 0.5) is 0 Å². The first-order chi connectivity index (χ1) is 4.43. The highest BCUT2D eigenvalue weighted by molar-refractivity contribution is 8.23. The van der Waals surface area contributed by atoms with Crippen molar-refractivity contribution in [3.63, 3.8) is 0 Å². The second-order valence-electron chi connectivity index (χ2n) is 2.90. The van der Waals surface area contributed by atoms with Gasteiger partial charge in [-0.1, -0.05) is 26.2 Å². The van der Waals surface area contributed by atoms with Gasteiger partial charge in [-0.15, -0.1) is 0 Å². The Labute approximate surface area is 61.4 Å². The van der Waals surface area contributed by atoms with Crippen LogP contribution in [0.1, 0.15) is 32.6 Å². The average molecular weight is 146 g/mol. The van der Waals surface area contributed by atoms with Crippen LogP contribution in [0, 0.1) is 0 Å². The van der Waals surface area contributed by atoms with Gasteiger partial charge in [-0.3, -0.25) is 10.9 Å². The summed E-state index contributed by atoms with van der Waals surface area (Å²) in [4.78, 5) is 0. The molecule has 1 aliphatic heterocycles. The van der Waals surface area contributed by atoms with E-state index in [-0.39, 0.29) is 0 Å². The molecular formula is C8H18S. The molecule has 0 saturated carbocycles. The third kappa shape index (κ3) is 3.85. The molecule has 0 bridgehead atoms. The van der Waals surface area contributed by atoms with Crippen molar-refractivity contribution in [1.29, 1.82) is 0 Å². The van der Waals surface area contributed by atoms with E-state index in [0.29, 0.717) is 10.9 Å². The highest BCUT2D eigenvalue weighted by Gasteiger charge is 2.14. The van der Waals surface area contributed by atoms with Gasteiger partial charge in [0.1, 0.15) is 0 Å². The van der Waals surface area contributed by atoms with Crippen molar-refractivity contribution >= 4 is 10.9 Å². The van der Waals surface area contributed by atoms with Crippen LogP contribution in [-0.4, -0.2) is 17.3 Å². The fourth-order valence-corrected chi connectivity index (χ4v) is 2.74. The Kier molecular flexibility index (Phi) is 3.49. The topological polar surface area (TPSA) is 0 Å². The predicted octanol–water partition coefficient (Wildman–Crippen LogP) is 2.58. The van der Waals surface area contributed by atoms with E-state index in [1.165, 1.54) is 25.7 Å². The van der Waals surface area contributed by atoms with Gasteiger partial charge in [-0.25, -0.2) is 0 Å². The molecule has 0 radical (unpaired) electrons. The van der Waals surface area contributed by atoms with Gasteiger partial charge in [-0.2, -0.15) is 0 Å². The molecule has 0 aromatic carbocycles. The summed E-state index contributed by atoms with van der Waals surface area (Å²) >= 11 is 0. The first-order valence-electron chi connectivity index (χ1n) is 4.16. The second-order valence-corrected chi connectivity index (χ2v) is 5.59. The Morgan fingerprint density at radius 2 is 1.89 bits per heavy atom. The highest BCUT2D eigenvalue weighted by atomic mass is 32.2. The number of hydrogen-bond donors (Lipinski definition) is 1. The quantitative estimate of drug-likeness (QED) is 0.344. The van der Waals surface area contributed by atoms with E-state index in [9.17, 15) is 0 Å². The van der Waals surface area contributed by atoms with Crippen molar-refractivity contribution in [1.82, 2.24) is 0 Å². The van der Waals surface area contributed by atoms with Crippen LogP contribution in [-0.2, 0) is 0 Å². The molecule has 0 unspecified atom stereocenters. The molecule has 0 aromatic rings. The Morgan fingerprint density at radius 1 is 1.11 bits per heavy atom. The van der Waals surface area contributed by atoms with Crippen molar-refractivity contribution in [2.45, 2.75) is 32.6 Å². The summed E-state index contributed by atoms with van der Waals surface area (Å²) in [6.07, 6.45) is 5.87. The van der Waals surface area contributed by atoms with E-state index in [4.69, 9.17) is 0 Å². The van der Waals surface area contributed by atoms with Crippen LogP contribution in [0.25, 0.3) is 0 Å². The lowest BCUT2D eigenvalue weighted by molar-refractivity contribution is 0.706. The number of thiol groups is 1. The molecule has 0 atom stereocenters. The molecule has 0 aromatic heterocycles. The number of unbranched alkanes of at least 4 members (excludes halogenated alkanes) is 3. The zero-order valence-electron chi connectivity index (χ0n) is 6.40. The lowest BCUT2D eigenvalue weighted by atomic mass is 10.2. The van der Waals surface area contributed by atoms with Gasteiger partial charge in [0.25, 0.3) is 0 Å². The summed E-state index contributed by atoms with van der Waals surface area (Å²) in [5, 5.41) is 0. The summed E-state index contributed by atoms with van der Waals surface area (Å²) < 4.78 is 0. The van der Waals surface area contributed by atoms with Gasteiger partial charge >= 0.3 is 0 Å². The minimum Gasteiger partial charge on any atom is -0.252 e. The third-order valence-electron chi connectivity index (χ3n) is 1.87. The average Bonchev–Trinajstić information content (AvgIpc) is 2.63. The summed E-state index contributed by atoms with van der Waals surface area (Å²) in [6, 6.07) is 0. The van der Waals surface area contributed by atoms with Gasteiger partial charge in [0, 0.05) is 0 Å². The Bertz CT molecular complexity index is 67.0. The maximum Gasteiger partial charge on any atom is -0.0178 e. The molecule has 1 saturated heterocycles. The van der Waals surface area contributed by atoms with Gasteiger partial charge in [-0.05, 0) is 23.7 Å². The largest absolute Gasteiger partial charge is 0.252 e. The first kappa shape index (κ1) is 7.46. The fraction of sp³-hybridized carbons (Fsp3) is 1.00. The van der Waals surface area contributed by atoms with Crippen LogP contribution in [0.15, 0.2) is 0 Å². The molecule has 56 valence electrons. The van der Waals surface area contributed by atoms with Crippen molar-refractivity contribution < 1.29 is 0 Å². The Hall–Kier alpha value is 0.350. The standard InChI is InChI=1S/C8H18S/c1-2-3-4-5-6-9-7-8-9/h9H,2-8H2,1H3. The molecule has 1 heteroatoms. The lowest BCUT2D eigenvalue weighted by Gasteiger charge is -1.97. The monoisotopic (exact) mass is 146 g/mol. The van der Waals surface area contributed by atoms with Crippen LogP contribution in [0.3, 0.4) is 0 Å². The Balaban J connectivity index is 1.71. The molecule has 0 aliphatic carbocycles. The van der Waals surface area contributed by atoms with Crippen LogP contribution >= 0.6 is 10.9 Å². The molecule has 1 fully saturated rings. The molecule has 1 rings (SSSR count). The second kappa shape index (κ2) is 4.21. The predicted molar refractivity (Wildman–Crippen MR) is 47.7 cm³/mol. The molecule has 1 heterocycles. The van der Waals surface area contributed by atoms with Crippen LogP contribution in [0.2, 0.25) is 0 Å². The summed E-state index contributed by atoms with van der Waals surface area (Å²) in [6.45, 7) is 2.28. The number of rotatable bonds is 5. The summed E-state index contributed by atoms with van der Waals surface area (Å²) in [7, 11) is 0.633. The van der Waals surface area contributed by atoms with E-state index in [2.05, 4.69) is 6.92 Å². The van der Waals surface area contributed by atoms with E-state index >= 15 is 0 Å². The van der Waals surface area contributed by atoms with Crippen LogP contribution < -0.4 is 0 Å². The summed E-state index contributed by atoms with van der Waals surface area (Å²) in [5.74, 6) is 4.79. The maximum atomic E-state index is 2.28. The molecule has 1 aliphatic rings. The van der Waals surface area contributed by atoms with Gasteiger partial charge in [0.05, 0.1) is 0 Å². The van der Waals surface area contributed by atoms with Gasteiger partial charge < -0.3 is 0 Å². The minimum absolute atomic E-state index is 0.633. The first-order valence-corrected chi connectivity index (χ1v) is 6.05. The maximum absolute atomic E-state index is 2.28. The minimum atomic E-state index is 0.633. The lowest BCUT2D eigenvalue weighted by Crippen LogP contribution is -1.78. The summed E-state index contributed by atoms with van der Waals surface area (Å²) in [5.41, 5.74) is 0. The normalized spacial score (nSPS) is 20.3. The zero-order chi connectivity index (χ0) is 6.53. The molecule has 0 spiro atoms.